The van der Waals surface area contributed by atoms with E-state index in [1.807, 2.05) is 19.2 Å². The van der Waals surface area contributed by atoms with E-state index in [4.69, 9.17) is 16.3 Å². The van der Waals surface area contributed by atoms with Crippen LogP contribution in [0.15, 0.2) is 53.9 Å². The molecule has 7 heteroatoms. The Morgan fingerprint density at radius 3 is 2.66 bits per heavy atom. The van der Waals surface area contributed by atoms with Gasteiger partial charge in [-0.25, -0.2) is 9.37 Å². The van der Waals surface area contributed by atoms with E-state index >= 15 is 0 Å². The summed E-state index contributed by atoms with van der Waals surface area (Å²) in [6.07, 6.45) is 0.171. The molecular formula is C22H22ClFN2O2S. The largest absolute Gasteiger partial charge is 0.486 e. The van der Waals surface area contributed by atoms with Crippen LogP contribution in [-0.4, -0.2) is 17.4 Å². The Balaban J connectivity index is 1.49. The third-order valence-corrected chi connectivity index (χ3v) is 5.57. The van der Waals surface area contributed by atoms with Crippen LogP contribution in [0.3, 0.4) is 0 Å². The first-order valence-corrected chi connectivity index (χ1v) is 10.4. The SMILES string of the molecule is CC(C)(CNC(=O)Cc1csc(COc2ccc(Cl)cc2)n1)c1ccccc1F. The average molecular weight is 433 g/mol. The van der Waals surface area contributed by atoms with E-state index in [0.717, 1.165) is 5.01 Å². The maximum atomic E-state index is 14.0. The van der Waals surface area contributed by atoms with Gasteiger partial charge < -0.3 is 10.1 Å². The molecule has 29 heavy (non-hydrogen) atoms. The minimum absolute atomic E-state index is 0.148. The van der Waals surface area contributed by atoms with Gasteiger partial charge in [-0.05, 0) is 35.9 Å². The standard InChI is InChI=1S/C22H22ClFN2O2S/c1-22(2,18-5-3-4-6-19(18)24)14-25-20(27)11-16-13-29-21(26-16)12-28-17-9-7-15(23)8-10-17/h3-10,13H,11-12,14H2,1-2H3,(H,25,27). The lowest BCUT2D eigenvalue weighted by Gasteiger charge is -2.26. The predicted octanol–water partition coefficient (Wildman–Crippen LogP) is 5.15. The highest BCUT2D eigenvalue weighted by molar-refractivity contribution is 7.09. The summed E-state index contributed by atoms with van der Waals surface area (Å²) in [6, 6.07) is 13.7. The van der Waals surface area contributed by atoms with E-state index in [9.17, 15) is 9.18 Å². The topological polar surface area (TPSA) is 51.2 Å². The lowest BCUT2D eigenvalue weighted by Crippen LogP contribution is -2.38. The molecule has 0 saturated carbocycles. The van der Waals surface area contributed by atoms with Crippen molar-refractivity contribution in [3.8, 4) is 5.75 Å². The minimum Gasteiger partial charge on any atom is -0.486 e. The van der Waals surface area contributed by atoms with Gasteiger partial charge in [0.25, 0.3) is 0 Å². The number of carbonyl (C=O) groups is 1. The van der Waals surface area contributed by atoms with Crippen molar-refractivity contribution in [2.24, 2.45) is 0 Å². The van der Waals surface area contributed by atoms with E-state index in [0.29, 0.717) is 35.2 Å². The number of hydrogen-bond acceptors (Lipinski definition) is 4. The zero-order valence-electron chi connectivity index (χ0n) is 16.2. The number of nitrogens with one attached hydrogen (secondary N) is 1. The summed E-state index contributed by atoms with van der Waals surface area (Å²) in [5, 5.41) is 6.17. The first kappa shape index (κ1) is 21.3. The van der Waals surface area contributed by atoms with Crippen LogP contribution < -0.4 is 10.1 Å². The molecule has 0 aliphatic rings. The molecule has 0 saturated heterocycles. The van der Waals surface area contributed by atoms with E-state index in [1.165, 1.54) is 17.4 Å². The predicted molar refractivity (Wildman–Crippen MR) is 114 cm³/mol. The van der Waals surface area contributed by atoms with E-state index in [2.05, 4.69) is 10.3 Å². The molecule has 2 aromatic carbocycles. The second-order valence-electron chi connectivity index (χ2n) is 7.29. The van der Waals surface area contributed by atoms with Gasteiger partial charge in [-0.1, -0.05) is 43.6 Å². The third kappa shape index (κ3) is 6.02. The van der Waals surface area contributed by atoms with Crippen LogP contribution in [0.1, 0.15) is 30.1 Å². The highest BCUT2D eigenvalue weighted by Gasteiger charge is 2.24. The Bertz CT molecular complexity index is 973. The van der Waals surface area contributed by atoms with Crippen molar-refractivity contribution in [1.82, 2.24) is 10.3 Å². The van der Waals surface area contributed by atoms with Crippen LogP contribution in [0.25, 0.3) is 0 Å². The van der Waals surface area contributed by atoms with Gasteiger partial charge >= 0.3 is 0 Å². The van der Waals surface area contributed by atoms with Gasteiger partial charge in [0.2, 0.25) is 5.91 Å². The lowest BCUT2D eigenvalue weighted by molar-refractivity contribution is -0.120. The zero-order valence-corrected chi connectivity index (χ0v) is 17.8. The summed E-state index contributed by atoms with van der Waals surface area (Å²) in [4.78, 5) is 16.8. The summed E-state index contributed by atoms with van der Waals surface area (Å²) in [6.45, 7) is 4.47. The number of ether oxygens (including phenoxy) is 1. The van der Waals surface area contributed by atoms with Gasteiger partial charge in [-0.3, -0.25) is 4.79 Å². The Labute approximate surface area is 178 Å². The smallest absolute Gasteiger partial charge is 0.226 e. The average Bonchev–Trinajstić information content (AvgIpc) is 3.13. The van der Waals surface area contributed by atoms with E-state index in [-0.39, 0.29) is 18.1 Å². The van der Waals surface area contributed by atoms with Gasteiger partial charge in [-0.15, -0.1) is 11.3 Å². The molecule has 1 heterocycles. The number of amides is 1. The summed E-state index contributed by atoms with van der Waals surface area (Å²) in [5.41, 5.74) is 0.752. The zero-order chi connectivity index (χ0) is 20.9. The number of benzene rings is 2. The molecule has 0 bridgehead atoms. The monoisotopic (exact) mass is 432 g/mol. The fourth-order valence-corrected chi connectivity index (χ4v) is 3.66. The highest BCUT2D eigenvalue weighted by atomic mass is 35.5. The normalized spacial score (nSPS) is 11.3. The molecule has 0 atom stereocenters. The quantitative estimate of drug-likeness (QED) is 0.535. The van der Waals surface area contributed by atoms with Crippen molar-refractivity contribution < 1.29 is 13.9 Å². The van der Waals surface area contributed by atoms with Crippen molar-refractivity contribution in [3.05, 3.63) is 81.0 Å². The third-order valence-electron chi connectivity index (χ3n) is 4.45. The maximum absolute atomic E-state index is 14.0. The van der Waals surface area contributed by atoms with Gasteiger partial charge in [-0.2, -0.15) is 0 Å². The molecule has 3 rings (SSSR count). The summed E-state index contributed by atoms with van der Waals surface area (Å²) < 4.78 is 19.7. The lowest BCUT2D eigenvalue weighted by atomic mass is 9.84. The number of thiazole rings is 1. The molecular weight excluding hydrogens is 411 g/mol. The van der Waals surface area contributed by atoms with Crippen molar-refractivity contribution in [2.45, 2.75) is 32.3 Å². The Kier molecular flexibility index (Phi) is 6.87. The molecule has 0 aliphatic heterocycles. The Hall–Kier alpha value is -2.44. The van der Waals surface area contributed by atoms with Gasteiger partial charge in [0.1, 0.15) is 23.2 Å². The molecule has 1 N–H and O–H groups in total. The fraction of sp³-hybridized carbons (Fsp3) is 0.273. The number of aromatic nitrogens is 1. The van der Waals surface area contributed by atoms with Crippen molar-refractivity contribution in [3.63, 3.8) is 0 Å². The van der Waals surface area contributed by atoms with Crippen LogP contribution >= 0.6 is 22.9 Å². The van der Waals surface area contributed by atoms with Crippen molar-refractivity contribution in [2.75, 3.05) is 6.54 Å². The van der Waals surface area contributed by atoms with Crippen LogP contribution in [0.5, 0.6) is 5.75 Å². The maximum Gasteiger partial charge on any atom is 0.226 e. The number of rotatable bonds is 8. The Morgan fingerprint density at radius 1 is 1.21 bits per heavy atom. The second kappa shape index (κ2) is 9.37. The molecule has 152 valence electrons. The highest BCUT2D eigenvalue weighted by Crippen LogP contribution is 2.25. The summed E-state index contributed by atoms with van der Waals surface area (Å²) in [5.74, 6) is 0.292. The first-order chi connectivity index (χ1) is 13.8. The molecule has 4 nitrogen and oxygen atoms in total. The Morgan fingerprint density at radius 2 is 1.93 bits per heavy atom. The van der Waals surface area contributed by atoms with Crippen molar-refractivity contribution >= 4 is 28.8 Å². The van der Waals surface area contributed by atoms with E-state index in [1.54, 1.807) is 42.5 Å². The number of hydrogen-bond donors (Lipinski definition) is 1. The van der Waals surface area contributed by atoms with E-state index < -0.39 is 5.41 Å². The molecule has 1 amide bonds. The van der Waals surface area contributed by atoms with Gasteiger partial charge in [0, 0.05) is 22.4 Å². The summed E-state index contributed by atoms with van der Waals surface area (Å²) in [7, 11) is 0. The van der Waals surface area contributed by atoms with Crippen LogP contribution in [0.4, 0.5) is 4.39 Å². The number of carbonyl (C=O) groups excluding carboxylic acids is 1. The number of halogens is 2. The van der Waals surface area contributed by atoms with Crippen LogP contribution in [0, 0.1) is 5.82 Å². The van der Waals surface area contributed by atoms with Gasteiger partial charge in [0.15, 0.2) is 0 Å². The van der Waals surface area contributed by atoms with Crippen LogP contribution in [0.2, 0.25) is 5.02 Å². The van der Waals surface area contributed by atoms with Crippen molar-refractivity contribution in [1.29, 1.82) is 0 Å². The summed E-state index contributed by atoms with van der Waals surface area (Å²) >= 11 is 7.30. The molecule has 0 aliphatic carbocycles. The van der Waals surface area contributed by atoms with Crippen LogP contribution in [-0.2, 0) is 23.2 Å². The van der Waals surface area contributed by atoms with Gasteiger partial charge in [0.05, 0.1) is 12.1 Å². The fourth-order valence-electron chi connectivity index (χ4n) is 2.82. The molecule has 1 aromatic heterocycles. The molecule has 0 fully saturated rings. The minimum atomic E-state index is -0.513. The second-order valence-corrected chi connectivity index (χ2v) is 8.67. The molecule has 0 radical (unpaired) electrons. The molecule has 3 aromatic rings. The first-order valence-electron chi connectivity index (χ1n) is 9.17. The molecule has 0 spiro atoms. The number of nitrogens with zero attached hydrogens (tertiary/aromatic N) is 1. The molecule has 0 unspecified atom stereocenters.